The predicted octanol–water partition coefficient (Wildman–Crippen LogP) is 3.70. The van der Waals surface area contributed by atoms with Gasteiger partial charge in [-0.2, -0.15) is 0 Å². The monoisotopic (exact) mass is 339 g/mol. The molecule has 1 aliphatic rings. The lowest BCUT2D eigenvalue weighted by atomic mass is 10.1. The number of rotatable bonds is 6. The van der Waals surface area contributed by atoms with E-state index >= 15 is 0 Å². The fraction of sp³-hybridized carbons (Fsp3) is 0.300. The zero-order valence-corrected chi connectivity index (χ0v) is 14.2. The fourth-order valence-corrected chi connectivity index (χ4v) is 2.66. The number of ether oxygens (including phenoxy) is 2. The fourth-order valence-electron chi connectivity index (χ4n) is 2.66. The molecule has 0 spiro atoms. The van der Waals surface area contributed by atoms with Crippen molar-refractivity contribution in [1.82, 2.24) is 0 Å². The van der Waals surface area contributed by atoms with E-state index in [4.69, 9.17) is 9.47 Å². The molecule has 1 N–H and O–H groups in total. The molecule has 25 heavy (non-hydrogen) atoms. The zero-order valence-electron chi connectivity index (χ0n) is 14.2. The summed E-state index contributed by atoms with van der Waals surface area (Å²) in [4.78, 5) is 23.5. The first-order valence-corrected chi connectivity index (χ1v) is 8.38. The molecule has 2 aromatic carbocycles. The third kappa shape index (κ3) is 4.67. The lowest BCUT2D eigenvalue weighted by molar-refractivity contribution is 0.0679. The van der Waals surface area contributed by atoms with E-state index in [1.807, 2.05) is 0 Å². The summed E-state index contributed by atoms with van der Waals surface area (Å²) < 4.78 is 11.2. The molecule has 0 bridgehead atoms. The van der Waals surface area contributed by atoms with Gasteiger partial charge in [0.05, 0.1) is 6.10 Å². The van der Waals surface area contributed by atoms with Gasteiger partial charge in [0.25, 0.3) is 5.91 Å². The van der Waals surface area contributed by atoms with Crippen LogP contribution in [0, 0.1) is 0 Å². The van der Waals surface area contributed by atoms with Crippen LogP contribution in [-0.2, 0) is 4.74 Å². The summed E-state index contributed by atoms with van der Waals surface area (Å²) in [6.07, 6.45) is 2.28. The Hall–Kier alpha value is -2.66. The predicted molar refractivity (Wildman–Crippen MR) is 95.3 cm³/mol. The molecule has 0 aromatic heterocycles. The maximum Gasteiger partial charge on any atom is 0.255 e. The maximum atomic E-state index is 12.3. The topological polar surface area (TPSA) is 64.6 Å². The molecule has 2 aromatic rings. The summed E-state index contributed by atoms with van der Waals surface area (Å²) >= 11 is 0. The SMILES string of the molecule is CC(=O)c1ccc(NC(=O)c2ccc(OC[C@H]3CCCO3)cc2)cc1. The summed E-state index contributed by atoms with van der Waals surface area (Å²) in [5.74, 6) is 0.510. The van der Waals surface area contributed by atoms with Gasteiger partial charge >= 0.3 is 0 Å². The number of hydrogen-bond donors (Lipinski definition) is 1. The van der Waals surface area contributed by atoms with Crippen LogP contribution in [0.5, 0.6) is 5.75 Å². The lowest BCUT2D eigenvalue weighted by Gasteiger charge is -2.12. The minimum absolute atomic E-state index is 0.00327. The van der Waals surface area contributed by atoms with Crippen LogP contribution in [0.4, 0.5) is 5.69 Å². The van der Waals surface area contributed by atoms with E-state index in [2.05, 4.69) is 5.32 Å². The molecule has 1 saturated heterocycles. The van der Waals surface area contributed by atoms with Crippen molar-refractivity contribution in [3.05, 3.63) is 59.7 Å². The molecule has 0 saturated carbocycles. The minimum Gasteiger partial charge on any atom is -0.491 e. The molecule has 130 valence electrons. The van der Waals surface area contributed by atoms with Gasteiger partial charge in [0.2, 0.25) is 0 Å². The highest BCUT2D eigenvalue weighted by Crippen LogP contribution is 2.18. The normalized spacial score (nSPS) is 16.4. The van der Waals surface area contributed by atoms with Gasteiger partial charge in [0, 0.05) is 23.4 Å². The third-order valence-electron chi connectivity index (χ3n) is 4.13. The molecule has 1 fully saturated rings. The highest BCUT2D eigenvalue weighted by atomic mass is 16.5. The van der Waals surface area contributed by atoms with Crippen LogP contribution in [0.2, 0.25) is 0 Å². The Morgan fingerprint density at radius 2 is 1.76 bits per heavy atom. The van der Waals surface area contributed by atoms with E-state index in [9.17, 15) is 9.59 Å². The average Bonchev–Trinajstić information content (AvgIpc) is 3.14. The molecule has 1 aliphatic heterocycles. The Morgan fingerprint density at radius 3 is 2.36 bits per heavy atom. The standard InChI is InChI=1S/C20H21NO4/c1-14(22)15-4-8-17(9-5-15)21-20(23)16-6-10-18(11-7-16)25-13-19-3-2-12-24-19/h4-11,19H,2-3,12-13H2,1H3,(H,21,23)/t19-/m1/s1. The molecule has 1 amide bonds. The Kier molecular flexibility index (Phi) is 5.46. The Labute approximate surface area is 147 Å². The zero-order chi connectivity index (χ0) is 17.6. The molecule has 0 aliphatic carbocycles. The van der Waals surface area contributed by atoms with Crippen LogP contribution < -0.4 is 10.1 Å². The van der Waals surface area contributed by atoms with Gasteiger partial charge in [-0.05, 0) is 68.3 Å². The van der Waals surface area contributed by atoms with Crippen LogP contribution in [0.1, 0.15) is 40.5 Å². The van der Waals surface area contributed by atoms with Crippen molar-refractivity contribution in [2.24, 2.45) is 0 Å². The number of benzene rings is 2. The van der Waals surface area contributed by atoms with E-state index in [1.165, 1.54) is 6.92 Å². The Bertz CT molecular complexity index is 731. The highest BCUT2D eigenvalue weighted by Gasteiger charge is 2.16. The van der Waals surface area contributed by atoms with Crippen LogP contribution in [0.25, 0.3) is 0 Å². The van der Waals surface area contributed by atoms with E-state index in [1.54, 1.807) is 48.5 Å². The van der Waals surface area contributed by atoms with Crippen molar-refractivity contribution in [3.8, 4) is 5.75 Å². The van der Waals surface area contributed by atoms with Crippen molar-refractivity contribution in [1.29, 1.82) is 0 Å². The molecule has 1 heterocycles. The van der Waals surface area contributed by atoms with Gasteiger partial charge in [-0.3, -0.25) is 9.59 Å². The second-order valence-electron chi connectivity index (χ2n) is 6.06. The first-order chi connectivity index (χ1) is 12.1. The van der Waals surface area contributed by atoms with Crippen LogP contribution >= 0.6 is 0 Å². The number of amides is 1. The van der Waals surface area contributed by atoms with Crippen molar-refractivity contribution in [3.63, 3.8) is 0 Å². The second-order valence-corrected chi connectivity index (χ2v) is 6.06. The molecule has 0 radical (unpaired) electrons. The molecular weight excluding hydrogens is 318 g/mol. The molecule has 0 unspecified atom stereocenters. The van der Waals surface area contributed by atoms with Crippen molar-refractivity contribution in [2.45, 2.75) is 25.9 Å². The summed E-state index contributed by atoms with van der Waals surface area (Å²) in [6.45, 7) is 2.85. The first kappa shape index (κ1) is 17.2. The molecular formula is C20H21NO4. The second kappa shape index (κ2) is 7.94. The highest BCUT2D eigenvalue weighted by molar-refractivity contribution is 6.04. The quantitative estimate of drug-likeness (QED) is 0.815. The summed E-state index contributed by atoms with van der Waals surface area (Å²) in [5.41, 5.74) is 1.81. The summed E-state index contributed by atoms with van der Waals surface area (Å²) in [6, 6.07) is 13.8. The van der Waals surface area contributed by atoms with E-state index in [0.717, 1.165) is 25.2 Å². The number of Topliss-reactive ketones (excluding diaryl/α,β-unsaturated/α-hetero) is 1. The van der Waals surface area contributed by atoms with Crippen LogP contribution in [0.15, 0.2) is 48.5 Å². The minimum atomic E-state index is -0.207. The average molecular weight is 339 g/mol. The molecule has 5 nitrogen and oxygen atoms in total. The Balaban J connectivity index is 1.55. The number of carbonyl (C=O) groups is 2. The number of ketones is 1. The summed E-state index contributed by atoms with van der Waals surface area (Å²) in [5, 5.41) is 2.81. The number of hydrogen-bond acceptors (Lipinski definition) is 4. The number of anilines is 1. The van der Waals surface area contributed by atoms with E-state index in [-0.39, 0.29) is 17.8 Å². The van der Waals surface area contributed by atoms with E-state index < -0.39 is 0 Å². The number of nitrogens with one attached hydrogen (secondary N) is 1. The Morgan fingerprint density at radius 1 is 1.08 bits per heavy atom. The van der Waals surface area contributed by atoms with Gasteiger partial charge in [-0.25, -0.2) is 0 Å². The maximum absolute atomic E-state index is 12.3. The van der Waals surface area contributed by atoms with Crippen molar-refractivity contribution >= 4 is 17.4 Å². The van der Waals surface area contributed by atoms with Gasteiger partial charge < -0.3 is 14.8 Å². The van der Waals surface area contributed by atoms with Gasteiger partial charge in [-0.15, -0.1) is 0 Å². The first-order valence-electron chi connectivity index (χ1n) is 8.38. The molecule has 3 rings (SSSR count). The van der Waals surface area contributed by atoms with Crippen molar-refractivity contribution in [2.75, 3.05) is 18.5 Å². The van der Waals surface area contributed by atoms with Crippen LogP contribution in [-0.4, -0.2) is 31.0 Å². The summed E-state index contributed by atoms with van der Waals surface area (Å²) in [7, 11) is 0. The smallest absolute Gasteiger partial charge is 0.255 e. The third-order valence-corrected chi connectivity index (χ3v) is 4.13. The molecule has 5 heteroatoms. The largest absolute Gasteiger partial charge is 0.491 e. The number of carbonyl (C=O) groups excluding carboxylic acids is 2. The molecule has 1 atom stereocenters. The van der Waals surface area contributed by atoms with E-state index in [0.29, 0.717) is 23.4 Å². The lowest BCUT2D eigenvalue weighted by Crippen LogP contribution is -2.16. The van der Waals surface area contributed by atoms with Crippen LogP contribution in [0.3, 0.4) is 0 Å². The van der Waals surface area contributed by atoms with Gasteiger partial charge in [0.15, 0.2) is 5.78 Å². The van der Waals surface area contributed by atoms with Gasteiger partial charge in [0.1, 0.15) is 12.4 Å². The van der Waals surface area contributed by atoms with Gasteiger partial charge in [-0.1, -0.05) is 0 Å². The van der Waals surface area contributed by atoms with Crippen molar-refractivity contribution < 1.29 is 19.1 Å².